The number of alkyl halides is 1. The minimum Gasteiger partial charge on any atom is -0.369 e. The highest BCUT2D eigenvalue weighted by atomic mass is 35.5. The van der Waals surface area contributed by atoms with Crippen LogP contribution in [0.4, 0.5) is 5.69 Å². The van der Waals surface area contributed by atoms with Gasteiger partial charge in [-0.25, -0.2) is 0 Å². The Labute approximate surface area is 103 Å². The highest BCUT2D eigenvalue weighted by molar-refractivity contribution is 8.76. The quantitative estimate of drug-likeness (QED) is 0.600. The van der Waals surface area contributed by atoms with Crippen molar-refractivity contribution in [3.63, 3.8) is 0 Å². The molecule has 0 saturated carbocycles. The normalized spacial score (nSPS) is 17.5. The zero-order chi connectivity index (χ0) is 10.5. The number of nitrogens with zero attached hydrogens (tertiary/aromatic N) is 2. The molecule has 1 fully saturated rings. The van der Waals surface area contributed by atoms with Crippen LogP contribution in [0.1, 0.15) is 5.56 Å². The maximum Gasteiger partial charge on any atom is 0.0509 e. The van der Waals surface area contributed by atoms with E-state index in [1.165, 1.54) is 17.2 Å². The van der Waals surface area contributed by atoms with Gasteiger partial charge in [-0.3, -0.25) is 4.98 Å². The van der Waals surface area contributed by atoms with Crippen LogP contribution in [0.2, 0.25) is 0 Å². The fraction of sp³-hybridized carbons (Fsp3) is 0.500. The summed E-state index contributed by atoms with van der Waals surface area (Å²) in [5, 5.41) is 0. The van der Waals surface area contributed by atoms with Crippen LogP contribution in [0.15, 0.2) is 18.5 Å². The first-order chi connectivity index (χ1) is 7.42. The lowest BCUT2D eigenvalue weighted by Crippen LogP contribution is -2.27. The topological polar surface area (TPSA) is 16.1 Å². The summed E-state index contributed by atoms with van der Waals surface area (Å²) in [7, 11) is 3.91. The molecule has 0 atom stereocenters. The molecule has 5 heteroatoms. The van der Waals surface area contributed by atoms with Gasteiger partial charge in [0.1, 0.15) is 0 Å². The lowest BCUT2D eigenvalue weighted by Gasteiger charge is -2.23. The number of halogens is 1. The molecule has 0 spiro atoms. The van der Waals surface area contributed by atoms with Gasteiger partial charge in [0.05, 0.1) is 5.88 Å². The molecule has 2 rings (SSSR count). The van der Waals surface area contributed by atoms with Gasteiger partial charge in [-0.1, -0.05) is 21.6 Å². The first kappa shape index (κ1) is 11.4. The van der Waals surface area contributed by atoms with Crippen molar-refractivity contribution in [1.82, 2.24) is 4.98 Å². The van der Waals surface area contributed by atoms with Crippen LogP contribution in [0.3, 0.4) is 0 Å². The molecule has 15 heavy (non-hydrogen) atoms. The second-order valence-corrected chi connectivity index (χ2v) is 6.24. The van der Waals surface area contributed by atoms with Crippen molar-refractivity contribution < 1.29 is 0 Å². The smallest absolute Gasteiger partial charge is 0.0509 e. The Morgan fingerprint density at radius 2 is 2.07 bits per heavy atom. The van der Waals surface area contributed by atoms with Crippen molar-refractivity contribution in [1.29, 1.82) is 0 Å². The summed E-state index contributed by atoms with van der Waals surface area (Å²) in [6.45, 7) is 2.21. The molecule has 2 nitrogen and oxygen atoms in total. The summed E-state index contributed by atoms with van der Waals surface area (Å²) < 4.78 is 0. The summed E-state index contributed by atoms with van der Waals surface area (Å²) in [5.74, 6) is 2.89. The van der Waals surface area contributed by atoms with E-state index in [0.29, 0.717) is 5.88 Å². The number of hydrogen-bond acceptors (Lipinski definition) is 4. The summed E-state index contributed by atoms with van der Waals surface area (Å²) in [6.07, 6.45) is 3.71. The lowest BCUT2D eigenvalue weighted by molar-refractivity contribution is 0.875. The molecule has 0 amide bonds. The predicted molar refractivity (Wildman–Crippen MR) is 70.9 cm³/mol. The Morgan fingerprint density at radius 1 is 1.33 bits per heavy atom. The third-order valence-corrected chi connectivity index (χ3v) is 4.99. The molecule has 0 N–H and O–H groups in total. The Hall–Kier alpha value is -0.0600. The van der Waals surface area contributed by atoms with Gasteiger partial charge in [0.2, 0.25) is 0 Å². The van der Waals surface area contributed by atoms with Crippen molar-refractivity contribution in [2.75, 3.05) is 29.5 Å². The van der Waals surface area contributed by atoms with Gasteiger partial charge < -0.3 is 4.90 Å². The second kappa shape index (κ2) is 5.87. The summed E-state index contributed by atoms with van der Waals surface area (Å²) in [6, 6.07) is 2.07. The zero-order valence-electron chi connectivity index (χ0n) is 8.36. The zero-order valence-corrected chi connectivity index (χ0v) is 10.7. The Kier molecular flexibility index (Phi) is 4.47. The van der Waals surface area contributed by atoms with Crippen LogP contribution in [0, 0.1) is 0 Å². The van der Waals surface area contributed by atoms with E-state index in [1.807, 2.05) is 34.0 Å². The van der Waals surface area contributed by atoms with Gasteiger partial charge in [-0.05, 0) is 6.07 Å². The van der Waals surface area contributed by atoms with Gasteiger partial charge in [0, 0.05) is 48.2 Å². The monoisotopic (exact) mass is 260 g/mol. The lowest BCUT2D eigenvalue weighted by atomic mass is 10.2. The molecule has 1 aliphatic rings. The Bertz CT molecular complexity index is 314. The Balaban J connectivity index is 2.18. The van der Waals surface area contributed by atoms with Crippen LogP contribution in [-0.4, -0.2) is 29.6 Å². The van der Waals surface area contributed by atoms with Crippen LogP contribution < -0.4 is 4.90 Å². The Morgan fingerprint density at radius 3 is 2.73 bits per heavy atom. The standard InChI is InChI=1S/C10H13ClN2S2/c11-7-9-8-12-2-1-10(9)13-3-5-14-15-6-4-13/h1-2,8H,3-7H2. The summed E-state index contributed by atoms with van der Waals surface area (Å²) in [5.41, 5.74) is 2.39. The summed E-state index contributed by atoms with van der Waals surface area (Å²) >= 11 is 5.92. The molecule has 1 aromatic heterocycles. The maximum atomic E-state index is 5.92. The molecule has 82 valence electrons. The van der Waals surface area contributed by atoms with Crippen LogP contribution in [-0.2, 0) is 5.88 Å². The van der Waals surface area contributed by atoms with E-state index in [1.54, 1.807) is 0 Å². The number of anilines is 1. The first-order valence-corrected chi connectivity index (χ1v) is 7.92. The predicted octanol–water partition coefficient (Wildman–Crippen LogP) is 3.02. The minimum atomic E-state index is 0.542. The molecule has 2 heterocycles. The molecule has 0 aliphatic carbocycles. The van der Waals surface area contributed by atoms with E-state index in [0.717, 1.165) is 18.7 Å². The number of hydrogen-bond donors (Lipinski definition) is 0. The molecule has 1 aromatic rings. The van der Waals surface area contributed by atoms with Gasteiger partial charge in [0.25, 0.3) is 0 Å². The average molecular weight is 261 g/mol. The molecule has 1 saturated heterocycles. The van der Waals surface area contributed by atoms with Crippen LogP contribution in [0.5, 0.6) is 0 Å². The fourth-order valence-corrected chi connectivity index (χ4v) is 3.78. The molecule has 0 radical (unpaired) electrons. The molecule has 0 aromatic carbocycles. The molecule has 0 bridgehead atoms. The second-order valence-electron chi connectivity index (χ2n) is 3.27. The van der Waals surface area contributed by atoms with Gasteiger partial charge in [-0.2, -0.15) is 0 Å². The van der Waals surface area contributed by atoms with Crippen molar-refractivity contribution in [2.45, 2.75) is 5.88 Å². The number of rotatable bonds is 2. The number of aromatic nitrogens is 1. The number of pyridine rings is 1. The highest BCUT2D eigenvalue weighted by Crippen LogP contribution is 2.28. The van der Waals surface area contributed by atoms with E-state index in [9.17, 15) is 0 Å². The van der Waals surface area contributed by atoms with Crippen molar-refractivity contribution in [3.05, 3.63) is 24.0 Å². The molecule has 0 unspecified atom stereocenters. The SMILES string of the molecule is ClCc1cnccc1N1CCSSCC1. The largest absolute Gasteiger partial charge is 0.369 e. The van der Waals surface area contributed by atoms with E-state index in [2.05, 4.69) is 16.0 Å². The van der Waals surface area contributed by atoms with E-state index in [-0.39, 0.29) is 0 Å². The fourth-order valence-electron chi connectivity index (χ4n) is 1.60. The first-order valence-electron chi connectivity index (χ1n) is 4.90. The van der Waals surface area contributed by atoms with Gasteiger partial charge >= 0.3 is 0 Å². The molecule has 1 aliphatic heterocycles. The van der Waals surface area contributed by atoms with Crippen molar-refractivity contribution in [2.24, 2.45) is 0 Å². The molecular formula is C10H13ClN2S2. The minimum absolute atomic E-state index is 0.542. The van der Waals surface area contributed by atoms with Crippen LogP contribution >= 0.6 is 33.2 Å². The highest BCUT2D eigenvalue weighted by Gasteiger charge is 2.13. The van der Waals surface area contributed by atoms with E-state index in [4.69, 9.17) is 11.6 Å². The van der Waals surface area contributed by atoms with E-state index >= 15 is 0 Å². The van der Waals surface area contributed by atoms with Crippen LogP contribution in [0.25, 0.3) is 0 Å². The van der Waals surface area contributed by atoms with Crippen molar-refractivity contribution in [3.8, 4) is 0 Å². The third-order valence-electron chi connectivity index (χ3n) is 2.33. The van der Waals surface area contributed by atoms with E-state index < -0.39 is 0 Å². The van der Waals surface area contributed by atoms with Crippen molar-refractivity contribution >= 4 is 38.9 Å². The molecular weight excluding hydrogens is 248 g/mol. The average Bonchev–Trinajstić information content (AvgIpc) is 2.57. The third kappa shape index (κ3) is 2.95. The van der Waals surface area contributed by atoms with Gasteiger partial charge in [-0.15, -0.1) is 11.6 Å². The van der Waals surface area contributed by atoms with Gasteiger partial charge in [0.15, 0.2) is 0 Å². The summed E-state index contributed by atoms with van der Waals surface area (Å²) in [4.78, 5) is 6.52. The maximum absolute atomic E-state index is 5.92.